The Morgan fingerprint density at radius 1 is 1.37 bits per heavy atom. The maximum Gasteiger partial charge on any atom is 0.406 e. The molecular formula is C12H12F4INO. The minimum atomic E-state index is -4.47. The van der Waals surface area contributed by atoms with Gasteiger partial charge >= 0.3 is 6.18 Å². The lowest BCUT2D eigenvalue weighted by Gasteiger charge is -2.28. The molecule has 1 amide bonds. The van der Waals surface area contributed by atoms with Crippen LogP contribution in [-0.4, -0.2) is 29.6 Å². The fourth-order valence-electron chi connectivity index (χ4n) is 1.50. The van der Waals surface area contributed by atoms with Crippen molar-refractivity contribution in [1.82, 2.24) is 4.90 Å². The third kappa shape index (κ3) is 4.63. The van der Waals surface area contributed by atoms with E-state index in [1.807, 2.05) is 0 Å². The lowest BCUT2D eigenvalue weighted by atomic mass is 10.1. The number of halogens is 5. The van der Waals surface area contributed by atoms with Crippen molar-refractivity contribution in [3.63, 3.8) is 0 Å². The Balaban J connectivity index is 3.06. The van der Waals surface area contributed by atoms with Crippen molar-refractivity contribution in [3.8, 4) is 0 Å². The summed E-state index contributed by atoms with van der Waals surface area (Å²) < 4.78 is 50.6. The van der Waals surface area contributed by atoms with Crippen molar-refractivity contribution < 1.29 is 22.4 Å². The van der Waals surface area contributed by atoms with E-state index in [1.165, 1.54) is 19.9 Å². The summed E-state index contributed by atoms with van der Waals surface area (Å²) in [4.78, 5) is 12.8. The smallest absolute Gasteiger partial charge is 0.327 e. The van der Waals surface area contributed by atoms with Crippen LogP contribution in [0.4, 0.5) is 17.6 Å². The predicted molar refractivity (Wildman–Crippen MR) is 71.3 cm³/mol. The second kappa shape index (κ2) is 6.06. The van der Waals surface area contributed by atoms with Crippen LogP contribution in [0.1, 0.15) is 24.2 Å². The molecule has 0 aromatic heterocycles. The molecule has 0 atom stereocenters. The number of carbonyl (C=O) groups is 1. The van der Waals surface area contributed by atoms with Crippen molar-refractivity contribution in [3.05, 3.63) is 33.1 Å². The van der Waals surface area contributed by atoms with E-state index in [-0.39, 0.29) is 9.13 Å². The molecule has 2 nitrogen and oxygen atoms in total. The van der Waals surface area contributed by atoms with Gasteiger partial charge in [0.1, 0.15) is 12.4 Å². The van der Waals surface area contributed by atoms with E-state index < -0.39 is 30.5 Å². The first-order chi connectivity index (χ1) is 8.61. The highest BCUT2D eigenvalue weighted by molar-refractivity contribution is 14.1. The maximum atomic E-state index is 12.9. The van der Waals surface area contributed by atoms with Crippen molar-refractivity contribution >= 4 is 28.5 Å². The Bertz CT molecular complexity index is 473. The first-order valence-electron chi connectivity index (χ1n) is 5.44. The normalized spacial score (nSPS) is 11.8. The molecule has 0 aliphatic carbocycles. The second-order valence-corrected chi connectivity index (χ2v) is 5.43. The largest absolute Gasteiger partial charge is 0.406 e. The molecule has 0 heterocycles. The van der Waals surface area contributed by atoms with Gasteiger partial charge in [-0.25, -0.2) is 4.39 Å². The molecule has 0 aliphatic heterocycles. The zero-order valence-corrected chi connectivity index (χ0v) is 12.4. The zero-order chi connectivity index (χ0) is 14.8. The lowest BCUT2D eigenvalue weighted by molar-refractivity contribution is -0.143. The number of alkyl halides is 3. The van der Waals surface area contributed by atoms with Crippen LogP contribution in [0.2, 0.25) is 0 Å². The highest BCUT2D eigenvalue weighted by atomic mass is 127. The second-order valence-electron chi connectivity index (χ2n) is 4.27. The number of hydrogen-bond acceptors (Lipinski definition) is 1. The number of benzene rings is 1. The molecule has 0 N–H and O–H groups in total. The fourth-order valence-corrected chi connectivity index (χ4v) is 2.21. The highest BCUT2D eigenvalue weighted by Gasteiger charge is 2.35. The quantitative estimate of drug-likeness (QED) is 0.569. The van der Waals surface area contributed by atoms with Crippen molar-refractivity contribution in [2.24, 2.45) is 0 Å². The first kappa shape index (κ1) is 16.2. The van der Waals surface area contributed by atoms with Crippen LogP contribution in [0.5, 0.6) is 0 Å². The molecular weight excluding hydrogens is 377 g/mol. The third-order valence-electron chi connectivity index (χ3n) is 2.40. The molecule has 1 aromatic rings. The highest BCUT2D eigenvalue weighted by Crippen LogP contribution is 2.22. The third-order valence-corrected chi connectivity index (χ3v) is 3.29. The summed E-state index contributed by atoms with van der Waals surface area (Å²) in [6, 6.07) is 2.77. The van der Waals surface area contributed by atoms with Crippen LogP contribution in [0.3, 0.4) is 0 Å². The number of hydrogen-bond donors (Lipinski definition) is 0. The fraction of sp³-hybridized carbons (Fsp3) is 0.417. The van der Waals surface area contributed by atoms with E-state index >= 15 is 0 Å². The summed E-state index contributed by atoms with van der Waals surface area (Å²) in [5.41, 5.74) is 0.0694. The summed E-state index contributed by atoms with van der Waals surface area (Å²) in [6.07, 6.45) is -4.47. The molecule has 0 saturated heterocycles. The van der Waals surface area contributed by atoms with E-state index in [0.29, 0.717) is 0 Å². The van der Waals surface area contributed by atoms with E-state index in [4.69, 9.17) is 0 Å². The van der Waals surface area contributed by atoms with Crippen molar-refractivity contribution in [1.29, 1.82) is 0 Å². The van der Waals surface area contributed by atoms with Crippen LogP contribution >= 0.6 is 22.6 Å². The number of amides is 1. The Hall–Kier alpha value is -0.860. The molecule has 0 unspecified atom stereocenters. The van der Waals surface area contributed by atoms with Gasteiger partial charge in [0.2, 0.25) is 0 Å². The Morgan fingerprint density at radius 3 is 2.37 bits per heavy atom. The van der Waals surface area contributed by atoms with Gasteiger partial charge in [0.05, 0.1) is 5.56 Å². The Kier molecular flexibility index (Phi) is 5.17. The van der Waals surface area contributed by atoms with Gasteiger partial charge in [-0.05, 0) is 54.6 Å². The summed E-state index contributed by atoms with van der Waals surface area (Å²) in [5.74, 6) is -1.29. The Morgan fingerprint density at radius 2 is 1.95 bits per heavy atom. The van der Waals surface area contributed by atoms with Crippen LogP contribution in [0.15, 0.2) is 18.2 Å². The average Bonchev–Trinajstić information content (AvgIpc) is 2.23. The van der Waals surface area contributed by atoms with Gasteiger partial charge in [0.25, 0.3) is 5.91 Å². The van der Waals surface area contributed by atoms with Gasteiger partial charge < -0.3 is 4.90 Å². The molecule has 0 saturated carbocycles. The predicted octanol–water partition coefficient (Wildman–Crippen LogP) is 3.84. The van der Waals surface area contributed by atoms with E-state index in [1.54, 1.807) is 22.6 Å². The van der Waals surface area contributed by atoms with Gasteiger partial charge in [-0.15, -0.1) is 0 Å². The maximum absolute atomic E-state index is 12.9. The van der Waals surface area contributed by atoms with E-state index in [9.17, 15) is 22.4 Å². The topological polar surface area (TPSA) is 20.3 Å². The molecule has 0 bridgehead atoms. The molecule has 0 radical (unpaired) electrons. The van der Waals surface area contributed by atoms with Gasteiger partial charge in [-0.1, -0.05) is 0 Å². The molecule has 0 aliphatic rings. The minimum absolute atomic E-state index is 0.0694. The minimum Gasteiger partial charge on any atom is -0.327 e. The standard InChI is InChI=1S/C12H12F4INO/c1-7(2)18(6-12(14,15)16)11(19)9-4-3-8(13)5-10(9)17/h3-5,7H,6H2,1-2H3. The van der Waals surface area contributed by atoms with Crippen LogP contribution in [0, 0.1) is 9.39 Å². The number of nitrogens with zero attached hydrogens (tertiary/aromatic N) is 1. The van der Waals surface area contributed by atoms with Crippen molar-refractivity contribution in [2.75, 3.05) is 6.54 Å². The molecule has 106 valence electrons. The summed E-state index contributed by atoms with van der Waals surface area (Å²) >= 11 is 1.73. The number of rotatable bonds is 3. The van der Waals surface area contributed by atoms with Crippen molar-refractivity contribution in [2.45, 2.75) is 26.1 Å². The summed E-state index contributed by atoms with van der Waals surface area (Å²) in [5, 5.41) is 0. The molecule has 0 spiro atoms. The van der Waals surface area contributed by atoms with Crippen LogP contribution in [0.25, 0.3) is 0 Å². The molecule has 7 heteroatoms. The van der Waals surface area contributed by atoms with Crippen LogP contribution < -0.4 is 0 Å². The lowest BCUT2D eigenvalue weighted by Crippen LogP contribution is -2.43. The van der Waals surface area contributed by atoms with Gasteiger partial charge in [-0.3, -0.25) is 4.79 Å². The molecule has 19 heavy (non-hydrogen) atoms. The summed E-state index contributed by atoms with van der Waals surface area (Å²) in [6.45, 7) is 1.68. The van der Waals surface area contributed by atoms with E-state index in [0.717, 1.165) is 17.0 Å². The molecule has 0 fully saturated rings. The monoisotopic (exact) mass is 389 g/mol. The Labute approximate surface area is 121 Å². The zero-order valence-electron chi connectivity index (χ0n) is 10.3. The average molecular weight is 389 g/mol. The summed E-state index contributed by atoms with van der Waals surface area (Å²) in [7, 11) is 0. The van der Waals surface area contributed by atoms with E-state index in [2.05, 4.69) is 0 Å². The van der Waals surface area contributed by atoms with Gasteiger partial charge in [0.15, 0.2) is 0 Å². The molecule has 1 rings (SSSR count). The van der Waals surface area contributed by atoms with Gasteiger partial charge in [0, 0.05) is 9.61 Å². The van der Waals surface area contributed by atoms with Crippen LogP contribution in [-0.2, 0) is 0 Å². The van der Waals surface area contributed by atoms with Gasteiger partial charge in [-0.2, -0.15) is 13.2 Å². The molecule has 1 aromatic carbocycles. The SMILES string of the molecule is CC(C)N(CC(F)(F)F)C(=O)c1ccc(F)cc1I. The first-order valence-corrected chi connectivity index (χ1v) is 6.52. The number of carbonyl (C=O) groups excluding carboxylic acids is 1.